The second-order valence-electron chi connectivity index (χ2n) is 4.94. The third kappa shape index (κ3) is 3.99. The molecule has 3 N–H and O–H groups in total. The predicted octanol–water partition coefficient (Wildman–Crippen LogP) is 1.75. The lowest BCUT2D eigenvalue weighted by Gasteiger charge is -2.10. The van der Waals surface area contributed by atoms with Crippen molar-refractivity contribution in [2.24, 2.45) is 11.7 Å². The second kappa shape index (κ2) is 5.98. The summed E-state index contributed by atoms with van der Waals surface area (Å²) in [6.07, 6.45) is 4.38. The molecule has 0 saturated heterocycles. The van der Waals surface area contributed by atoms with Crippen molar-refractivity contribution in [3.8, 4) is 0 Å². The lowest BCUT2D eigenvalue weighted by Crippen LogP contribution is -2.26. The van der Waals surface area contributed by atoms with E-state index in [4.69, 9.17) is 5.73 Å². The maximum atomic E-state index is 13.2. The number of halogens is 1. The van der Waals surface area contributed by atoms with E-state index in [1.807, 2.05) is 0 Å². The summed E-state index contributed by atoms with van der Waals surface area (Å²) in [5, 5.41) is 0. The largest absolute Gasteiger partial charge is 0.326 e. The highest BCUT2D eigenvalue weighted by Crippen LogP contribution is 2.33. The fourth-order valence-electron chi connectivity index (χ4n) is 2.03. The maximum absolute atomic E-state index is 13.2. The van der Waals surface area contributed by atoms with Crippen LogP contribution in [0.4, 0.5) is 4.39 Å². The third-order valence-electron chi connectivity index (χ3n) is 3.32. The van der Waals surface area contributed by atoms with Crippen LogP contribution in [0.15, 0.2) is 23.1 Å². The Bertz CT molecular complexity index is 542. The van der Waals surface area contributed by atoms with Crippen molar-refractivity contribution in [3.05, 3.63) is 29.6 Å². The summed E-state index contributed by atoms with van der Waals surface area (Å²) in [6, 6.07) is 3.65. The van der Waals surface area contributed by atoms with Gasteiger partial charge in [0.2, 0.25) is 10.0 Å². The molecule has 6 heteroatoms. The number of benzene rings is 1. The van der Waals surface area contributed by atoms with Crippen molar-refractivity contribution in [2.45, 2.75) is 37.1 Å². The number of hydrogen-bond acceptors (Lipinski definition) is 3. The third-order valence-corrected chi connectivity index (χ3v) is 4.86. The SMILES string of the molecule is NCc1ccc(F)cc1S(=O)(=O)NCCCC1CC1. The van der Waals surface area contributed by atoms with Gasteiger partial charge in [-0.15, -0.1) is 0 Å². The van der Waals surface area contributed by atoms with Crippen molar-refractivity contribution in [1.82, 2.24) is 4.72 Å². The van der Waals surface area contributed by atoms with Gasteiger partial charge in [-0.05, 0) is 36.5 Å². The Morgan fingerprint density at radius 3 is 2.74 bits per heavy atom. The summed E-state index contributed by atoms with van der Waals surface area (Å²) in [6.45, 7) is 0.456. The molecule has 1 saturated carbocycles. The Morgan fingerprint density at radius 2 is 2.11 bits per heavy atom. The van der Waals surface area contributed by atoms with Crippen LogP contribution in [-0.2, 0) is 16.6 Å². The molecule has 0 radical (unpaired) electrons. The van der Waals surface area contributed by atoms with Gasteiger partial charge in [-0.1, -0.05) is 18.9 Å². The van der Waals surface area contributed by atoms with Crippen molar-refractivity contribution < 1.29 is 12.8 Å². The second-order valence-corrected chi connectivity index (χ2v) is 6.67. The molecule has 1 aromatic rings. The minimum absolute atomic E-state index is 0.0542. The van der Waals surface area contributed by atoms with E-state index in [0.717, 1.165) is 24.8 Å². The van der Waals surface area contributed by atoms with Crippen LogP contribution in [0, 0.1) is 11.7 Å². The fraction of sp³-hybridized carbons (Fsp3) is 0.538. The Hall–Kier alpha value is -0.980. The molecule has 19 heavy (non-hydrogen) atoms. The summed E-state index contributed by atoms with van der Waals surface area (Å²) in [5.41, 5.74) is 5.91. The number of sulfonamides is 1. The number of hydrogen-bond donors (Lipinski definition) is 2. The van der Waals surface area contributed by atoms with Gasteiger partial charge in [-0.3, -0.25) is 0 Å². The average Bonchev–Trinajstić information content (AvgIpc) is 3.19. The maximum Gasteiger partial charge on any atom is 0.240 e. The van der Waals surface area contributed by atoms with Gasteiger partial charge in [0, 0.05) is 13.1 Å². The quantitative estimate of drug-likeness (QED) is 0.750. The van der Waals surface area contributed by atoms with E-state index >= 15 is 0 Å². The molecule has 1 aliphatic rings. The molecule has 0 bridgehead atoms. The normalized spacial score (nSPS) is 15.7. The van der Waals surface area contributed by atoms with Gasteiger partial charge in [0.05, 0.1) is 4.90 Å². The highest BCUT2D eigenvalue weighted by atomic mass is 32.2. The zero-order chi connectivity index (χ0) is 13.9. The van der Waals surface area contributed by atoms with Gasteiger partial charge < -0.3 is 5.73 Å². The molecular formula is C13H19FN2O2S. The highest BCUT2D eigenvalue weighted by Gasteiger charge is 2.22. The van der Waals surface area contributed by atoms with Crippen LogP contribution in [-0.4, -0.2) is 15.0 Å². The monoisotopic (exact) mass is 286 g/mol. The Morgan fingerprint density at radius 1 is 1.37 bits per heavy atom. The molecule has 4 nitrogen and oxygen atoms in total. The number of nitrogens with two attached hydrogens (primary N) is 1. The van der Waals surface area contributed by atoms with Gasteiger partial charge in [0.1, 0.15) is 5.82 Å². The Kier molecular flexibility index (Phi) is 4.54. The highest BCUT2D eigenvalue weighted by molar-refractivity contribution is 7.89. The minimum Gasteiger partial charge on any atom is -0.326 e. The van der Waals surface area contributed by atoms with Crippen molar-refractivity contribution >= 4 is 10.0 Å². The molecule has 1 aliphatic carbocycles. The van der Waals surface area contributed by atoms with Crippen LogP contribution in [0.1, 0.15) is 31.2 Å². The Labute approximate surface area is 113 Å². The zero-order valence-corrected chi connectivity index (χ0v) is 11.5. The van der Waals surface area contributed by atoms with Gasteiger partial charge in [-0.25, -0.2) is 17.5 Å². The van der Waals surface area contributed by atoms with Crippen molar-refractivity contribution in [3.63, 3.8) is 0 Å². The molecule has 106 valence electrons. The average molecular weight is 286 g/mol. The molecule has 0 spiro atoms. The summed E-state index contributed by atoms with van der Waals surface area (Å²) in [4.78, 5) is -0.0542. The molecular weight excluding hydrogens is 267 g/mol. The van der Waals surface area contributed by atoms with Gasteiger partial charge in [0.25, 0.3) is 0 Å². The van der Waals surface area contributed by atoms with E-state index in [2.05, 4.69) is 4.72 Å². The minimum atomic E-state index is -3.67. The van der Waals surface area contributed by atoms with Crippen LogP contribution in [0.3, 0.4) is 0 Å². The first kappa shape index (κ1) is 14.4. The van der Waals surface area contributed by atoms with E-state index < -0.39 is 15.8 Å². The molecule has 0 unspecified atom stereocenters. The van der Waals surface area contributed by atoms with Gasteiger partial charge in [0.15, 0.2) is 0 Å². The molecule has 2 rings (SSSR count). The topological polar surface area (TPSA) is 72.2 Å². The van der Waals surface area contributed by atoms with E-state index in [-0.39, 0.29) is 11.4 Å². The van der Waals surface area contributed by atoms with E-state index in [1.54, 1.807) is 0 Å². The van der Waals surface area contributed by atoms with Crippen LogP contribution >= 0.6 is 0 Å². The fourth-order valence-corrected chi connectivity index (χ4v) is 3.36. The van der Waals surface area contributed by atoms with E-state index in [9.17, 15) is 12.8 Å². The molecule has 0 heterocycles. The number of nitrogens with one attached hydrogen (secondary N) is 1. The molecule has 0 amide bonds. The summed E-state index contributed by atoms with van der Waals surface area (Å²) < 4.78 is 39.9. The van der Waals surface area contributed by atoms with Crippen LogP contribution < -0.4 is 10.5 Å². The number of rotatable bonds is 7. The van der Waals surface area contributed by atoms with Crippen molar-refractivity contribution in [2.75, 3.05) is 6.54 Å². The first-order valence-electron chi connectivity index (χ1n) is 6.51. The molecule has 1 fully saturated rings. The van der Waals surface area contributed by atoms with Gasteiger partial charge >= 0.3 is 0 Å². The zero-order valence-electron chi connectivity index (χ0n) is 10.7. The molecule has 1 aromatic carbocycles. The standard InChI is InChI=1S/C13H19FN2O2S/c14-12-6-5-11(9-15)13(8-12)19(17,18)16-7-1-2-10-3-4-10/h5-6,8,10,16H,1-4,7,9,15H2. The van der Waals surface area contributed by atoms with E-state index in [0.29, 0.717) is 12.1 Å². The first-order valence-corrected chi connectivity index (χ1v) is 7.99. The lowest BCUT2D eigenvalue weighted by molar-refractivity contribution is 0.568. The predicted molar refractivity (Wildman–Crippen MR) is 71.4 cm³/mol. The van der Waals surface area contributed by atoms with Crippen LogP contribution in [0.5, 0.6) is 0 Å². The molecule has 0 aromatic heterocycles. The molecule has 0 aliphatic heterocycles. The molecule has 0 atom stereocenters. The van der Waals surface area contributed by atoms with Crippen LogP contribution in [0.2, 0.25) is 0 Å². The van der Waals surface area contributed by atoms with Crippen molar-refractivity contribution in [1.29, 1.82) is 0 Å². The first-order chi connectivity index (χ1) is 9.03. The van der Waals surface area contributed by atoms with Gasteiger partial charge in [-0.2, -0.15) is 0 Å². The summed E-state index contributed by atoms with van der Waals surface area (Å²) in [7, 11) is -3.67. The lowest BCUT2D eigenvalue weighted by atomic mass is 10.2. The smallest absolute Gasteiger partial charge is 0.240 e. The Balaban J connectivity index is 2.02. The van der Waals surface area contributed by atoms with E-state index in [1.165, 1.54) is 25.0 Å². The summed E-state index contributed by atoms with van der Waals surface area (Å²) in [5.74, 6) is 0.203. The van der Waals surface area contributed by atoms with Crippen LogP contribution in [0.25, 0.3) is 0 Å². The summed E-state index contributed by atoms with van der Waals surface area (Å²) >= 11 is 0.